The van der Waals surface area contributed by atoms with E-state index < -0.39 is 41.8 Å². The Morgan fingerprint density at radius 2 is 1.68 bits per heavy atom. The van der Waals surface area contributed by atoms with Crippen molar-refractivity contribution in [2.24, 2.45) is 11.7 Å². The number of carboxylic acid groups (broad SMARTS) is 1. The molecule has 0 aliphatic carbocycles. The lowest BCUT2D eigenvalue weighted by atomic mass is 10.0. The number of carboxylic acids is 1. The topological polar surface area (TPSA) is 180 Å². The summed E-state index contributed by atoms with van der Waals surface area (Å²) in [5.41, 5.74) is 5.05. The van der Waals surface area contributed by atoms with Crippen LogP contribution in [0.25, 0.3) is 0 Å². The molecule has 11 nitrogen and oxygen atoms in total. The van der Waals surface area contributed by atoms with Crippen molar-refractivity contribution in [3.8, 4) is 0 Å². The van der Waals surface area contributed by atoms with Crippen LogP contribution in [0.15, 0.2) is 0 Å². The van der Waals surface area contributed by atoms with E-state index in [-0.39, 0.29) is 42.9 Å². The van der Waals surface area contributed by atoms with Crippen LogP contribution >= 0.6 is 12.6 Å². The van der Waals surface area contributed by atoms with Crippen LogP contribution < -0.4 is 27.0 Å². The molecule has 4 amide bonds. The molecule has 1 saturated heterocycles. The number of thiol groups is 1. The quantitative estimate of drug-likeness (QED) is 0.164. The molecule has 0 saturated carbocycles. The fourth-order valence-corrected chi connectivity index (χ4v) is 3.42. The van der Waals surface area contributed by atoms with Crippen molar-refractivity contribution in [3.63, 3.8) is 0 Å². The van der Waals surface area contributed by atoms with Crippen LogP contribution in [-0.2, 0) is 24.0 Å². The molecular weight excluding hydrogens is 426 g/mol. The van der Waals surface area contributed by atoms with E-state index in [1.807, 2.05) is 13.8 Å². The highest BCUT2D eigenvalue weighted by Gasteiger charge is 2.31. The molecule has 0 aromatic heterocycles. The number of primary amides is 1. The van der Waals surface area contributed by atoms with E-state index in [0.717, 1.165) is 13.0 Å². The van der Waals surface area contributed by atoms with Gasteiger partial charge in [-0.1, -0.05) is 13.8 Å². The summed E-state index contributed by atoms with van der Waals surface area (Å²) in [6, 6.07) is -3.66. The second-order valence-electron chi connectivity index (χ2n) is 7.99. The normalized spacial score (nSPS) is 18.6. The first-order valence-electron chi connectivity index (χ1n) is 10.3. The summed E-state index contributed by atoms with van der Waals surface area (Å²) in [5, 5.41) is 19.9. The average Bonchev–Trinajstić information content (AvgIpc) is 3.22. The molecule has 4 atom stereocenters. The third kappa shape index (κ3) is 9.55. The van der Waals surface area contributed by atoms with Gasteiger partial charge in [-0.25, -0.2) is 4.79 Å². The Morgan fingerprint density at radius 3 is 2.16 bits per heavy atom. The lowest BCUT2D eigenvalue weighted by Crippen LogP contribution is -2.57. The number of nitrogens with one attached hydrogen (secondary N) is 4. The highest BCUT2D eigenvalue weighted by molar-refractivity contribution is 7.80. The molecule has 7 N–H and O–H groups in total. The molecule has 1 fully saturated rings. The number of carbonyl (C=O) groups excluding carboxylic acids is 4. The third-order valence-corrected chi connectivity index (χ3v) is 5.19. The smallest absolute Gasteiger partial charge is 0.326 e. The van der Waals surface area contributed by atoms with E-state index in [0.29, 0.717) is 6.42 Å². The number of aliphatic carboxylic acids is 1. The molecule has 1 aliphatic heterocycles. The van der Waals surface area contributed by atoms with E-state index in [9.17, 15) is 29.1 Å². The Kier molecular flexibility index (Phi) is 11.3. The number of amides is 4. The lowest BCUT2D eigenvalue weighted by molar-refractivity contribution is -0.142. The summed E-state index contributed by atoms with van der Waals surface area (Å²) < 4.78 is 0. The van der Waals surface area contributed by atoms with Crippen molar-refractivity contribution < 1.29 is 29.1 Å². The van der Waals surface area contributed by atoms with Crippen molar-refractivity contribution >= 4 is 42.2 Å². The van der Waals surface area contributed by atoms with Gasteiger partial charge in [0.05, 0.1) is 6.04 Å². The Labute approximate surface area is 187 Å². The second-order valence-corrected chi connectivity index (χ2v) is 8.35. The van der Waals surface area contributed by atoms with E-state index in [1.165, 1.54) is 0 Å². The molecule has 1 heterocycles. The molecule has 0 aromatic rings. The molecule has 176 valence electrons. The Bertz CT molecular complexity index is 668. The molecule has 1 rings (SSSR count). The Hall–Kier alpha value is -2.34. The molecule has 12 heteroatoms. The zero-order valence-corrected chi connectivity index (χ0v) is 18.7. The SMILES string of the molecule is CC(C)CC(NC(=O)C(CS)NC(=O)C1CCCN1)C(=O)NC(CCC(N)=O)C(=O)O. The minimum absolute atomic E-state index is 0.0108. The number of rotatable bonds is 13. The molecule has 0 radical (unpaired) electrons. The predicted octanol–water partition coefficient (Wildman–Crippen LogP) is -1.48. The minimum atomic E-state index is -1.32. The fraction of sp³-hybridized carbons (Fsp3) is 0.737. The van der Waals surface area contributed by atoms with Gasteiger partial charge in [0.25, 0.3) is 0 Å². The maximum absolute atomic E-state index is 12.7. The third-order valence-electron chi connectivity index (χ3n) is 4.83. The average molecular weight is 460 g/mol. The first-order valence-corrected chi connectivity index (χ1v) is 10.9. The summed E-state index contributed by atoms with van der Waals surface area (Å²) in [4.78, 5) is 60.0. The molecule has 0 spiro atoms. The van der Waals surface area contributed by atoms with Crippen molar-refractivity contribution in [3.05, 3.63) is 0 Å². The van der Waals surface area contributed by atoms with Crippen LogP contribution in [0.3, 0.4) is 0 Å². The zero-order chi connectivity index (χ0) is 23.6. The van der Waals surface area contributed by atoms with Gasteiger partial charge in [0.2, 0.25) is 23.6 Å². The number of hydrogen-bond donors (Lipinski definition) is 7. The van der Waals surface area contributed by atoms with Gasteiger partial charge < -0.3 is 32.1 Å². The van der Waals surface area contributed by atoms with Gasteiger partial charge in [0, 0.05) is 12.2 Å². The molecule has 1 aliphatic rings. The highest BCUT2D eigenvalue weighted by atomic mass is 32.1. The van der Waals surface area contributed by atoms with Crippen molar-refractivity contribution in [1.29, 1.82) is 0 Å². The summed E-state index contributed by atoms with van der Waals surface area (Å²) in [6.45, 7) is 4.42. The monoisotopic (exact) mass is 459 g/mol. The maximum Gasteiger partial charge on any atom is 0.326 e. The minimum Gasteiger partial charge on any atom is -0.480 e. The second kappa shape index (κ2) is 13.2. The van der Waals surface area contributed by atoms with Crippen LogP contribution in [-0.4, -0.2) is 71.2 Å². The first-order chi connectivity index (χ1) is 14.5. The van der Waals surface area contributed by atoms with Crippen molar-refractivity contribution in [2.45, 2.75) is 70.1 Å². The first kappa shape index (κ1) is 26.7. The van der Waals surface area contributed by atoms with Gasteiger partial charge in [-0.05, 0) is 38.1 Å². The highest BCUT2D eigenvalue weighted by Crippen LogP contribution is 2.09. The zero-order valence-electron chi connectivity index (χ0n) is 17.8. The fourth-order valence-electron chi connectivity index (χ4n) is 3.17. The molecule has 4 unspecified atom stereocenters. The summed E-state index contributed by atoms with van der Waals surface area (Å²) in [5.74, 6) is -3.56. The predicted molar refractivity (Wildman–Crippen MR) is 116 cm³/mol. The summed E-state index contributed by atoms with van der Waals surface area (Å²) >= 11 is 4.13. The van der Waals surface area contributed by atoms with Crippen LogP contribution in [0, 0.1) is 5.92 Å². The van der Waals surface area contributed by atoms with Gasteiger partial charge >= 0.3 is 5.97 Å². The van der Waals surface area contributed by atoms with Crippen molar-refractivity contribution in [1.82, 2.24) is 21.3 Å². The van der Waals surface area contributed by atoms with Crippen molar-refractivity contribution in [2.75, 3.05) is 12.3 Å². The Morgan fingerprint density at radius 1 is 1.06 bits per heavy atom. The summed E-state index contributed by atoms with van der Waals surface area (Å²) in [7, 11) is 0. The largest absolute Gasteiger partial charge is 0.480 e. The van der Waals surface area contributed by atoms with Gasteiger partial charge in [-0.3, -0.25) is 19.2 Å². The van der Waals surface area contributed by atoms with E-state index in [2.05, 4.69) is 33.9 Å². The van der Waals surface area contributed by atoms with Gasteiger partial charge in [0.1, 0.15) is 18.1 Å². The number of hydrogen-bond acceptors (Lipinski definition) is 7. The van der Waals surface area contributed by atoms with E-state index >= 15 is 0 Å². The maximum atomic E-state index is 12.7. The number of nitrogens with two attached hydrogens (primary N) is 1. The van der Waals surface area contributed by atoms with Gasteiger partial charge in [-0.15, -0.1) is 0 Å². The van der Waals surface area contributed by atoms with Crippen LogP contribution in [0.1, 0.15) is 46.0 Å². The van der Waals surface area contributed by atoms with Gasteiger partial charge in [-0.2, -0.15) is 12.6 Å². The molecule has 0 bridgehead atoms. The van der Waals surface area contributed by atoms with Gasteiger partial charge in [0.15, 0.2) is 0 Å². The molecular formula is C19H33N5O6S. The van der Waals surface area contributed by atoms with E-state index in [4.69, 9.17) is 5.73 Å². The summed E-state index contributed by atoms with van der Waals surface area (Å²) in [6.07, 6.45) is 1.42. The lowest BCUT2D eigenvalue weighted by Gasteiger charge is -2.25. The molecule has 0 aromatic carbocycles. The van der Waals surface area contributed by atoms with Crippen LogP contribution in [0.2, 0.25) is 0 Å². The Balaban J connectivity index is 2.80. The van der Waals surface area contributed by atoms with Crippen LogP contribution in [0.4, 0.5) is 0 Å². The number of carbonyl (C=O) groups is 5. The molecule has 31 heavy (non-hydrogen) atoms. The van der Waals surface area contributed by atoms with E-state index in [1.54, 1.807) is 0 Å². The van der Waals surface area contributed by atoms with Crippen LogP contribution in [0.5, 0.6) is 0 Å². The standard InChI is InChI=1S/C19H33N5O6S/c1-10(2)8-13(17(27)22-12(19(29)30)5-6-15(20)25)23-18(28)14(9-31)24-16(26)11-4-3-7-21-11/h10-14,21,31H,3-9H2,1-2H3,(H2,20,25)(H,22,27)(H,23,28)(H,24,26)(H,29,30).